The minimum atomic E-state index is 0.117. The number of nitrogens with two attached hydrogens (primary N) is 1. The Hall–Kier alpha value is -0.800. The fourth-order valence-electron chi connectivity index (χ4n) is 2.25. The van der Waals surface area contributed by atoms with E-state index in [4.69, 9.17) is 14.9 Å². The van der Waals surface area contributed by atoms with Gasteiger partial charge < -0.3 is 14.9 Å². The van der Waals surface area contributed by atoms with Crippen LogP contribution in [0.5, 0.6) is 0 Å². The molecule has 0 spiro atoms. The molecule has 1 fully saturated rings. The van der Waals surface area contributed by atoms with Crippen LogP contribution in [-0.4, -0.2) is 13.2 Å². The molecule has 0 bridgehead atoms. The highest BCUT2D eigenvalue weighted by molar-refractivity contribution is 5.19. The van der Waals surface area contributed by atoms with Gasteiger partial charge in [0, 0.05) is 24.8 Å². The van der Waals surface area contributed by atoms with E-state index in [0.29, 0.717) is 5.92 Å². The molecule has 2 rings (SSSR count). The molecule has 1 aliphatic rings. The van der Waals surface area contributed by atoms with Gasteiger partial charge in [-0.2, -0.15) is 0 Å². The Morgan fingerprint density at radius 3 is 2.80 bits per heavy atom. The zero-order chi connectivity index (χ0) is 10.7. The van der Waals surface area contributed by atoms with Crippen LogP contribution in [0.1, 0.15) is 36.6 Å². The second kappa shape index (κ2) is 4.81. The summed E-state index contributed by atoms with van der Waals surface area (Å²) in [6.45, 7) is 3.75. The summed E-state index contributed by atoms with van der Waals surface area (Å²) >= 11 is 0. The number of rotatable bonds is 3. The first-order valence-electron chi connectivity index (χ1n) is 5.64. The molecular weight excluding hydrogens is 190 g/mol. The molecule has 0 saturated carbocycles. The average Bonchev–Trinajstić information content (AvgIpc) is 2.66. The maximum absolute atomic E-state index is 6.17. The van der Waals surface area contributed by atoms with E-state index in [1.54, 1.807) is 6.26 Å². The third-order valence-electron chi connectivity index (χ3n) is 3.23. The maximum atomic E-state index is 6.17. The van der Waals surface area contributed by atoms with Gasteiger partial charge in [0.2, 0.25) is 0 Å². The van der Waals surface area contributed by atoms with Crippen LogP contribution in [0.4, 0.5) is 0 Å². The normalized spacial score (nSPS) is 20.4. The third kappa shape index (κ3) is 2.61. The quantitative estimate of drug-likeness (QED) is 0.831. The van der Waals surface area contributed by atoms with Gasteiger partial charge in [-0.15, -0.1) is 0 Å². The molecule has 0 aromatic carbocycles. The SMILES string of the molecule is Cc1occc1C(N)CC1CCOCC1. The number of ether oxygens (including phenoxy) is 1. The first-order valence-corrected chi connectivity index (χ1v) is 5.64. The average molecular weight is 209 g/mol. The van der Waals surface area contributed by atoms with Crippen LogP contribution >= 0.6 is 0 Å². The molecule has 84 valence electrons. The zero-order valence-electron chi connectivity index (χ0n) is 9.24. The van der Waals surface area contributed by atoms with Gasteiger partial charge in [-0.05, 0) is 38.2 Å². The van der Waals surface area contributed by atoms with Crippen LogP contribution in [-0.2, 0) is 4.74 Å². The molecule has 2 N–H and O–H groups in total. The first kappa shape index (κ1) is 10.7. The molecule has 1 aromatic heterocycles. The summed E-state index contributed by atoms with van der Waals surface area (Å²) in [4.78, 5) is 0. The molecule has 0 radical (unpaired) electrons. The van der Waals surface area contributed by atoms with E-state index in [1.165, 1.54) is 0 Å². The van der Waals surface area contributed by atoms with Crippen molar-refractivity contribution in [3.8, 4) is 0 Å². The predicted octanol–water partition coefficient (Wildman–Crippen LogP) is 2.40. The number of aryl methyl sites for hydroxylation is 1. The third-order valence-corrected chi connectivity index (χ3v) is 3.23. The summed E-state index contributed by atoms with van der Waals surface area (Å²) in [5.74, 6) is 1.66. The maximum Gasteiger partial charge on any atom is 0.105 e. The molecule has 1 aromatic rings. The Labute approximate surface area is 90.6 Å². The molecule has 1 aliphatic heterocycles. The van der Waals surface area contributed by atoms with E-state index in [1.807, 2.05) is 13.0 Å². The fourth-order valence-corrected chi connectivity index (χ4v) is 2.25. The van der Waals surface area contributed by atoms with Crippen molar-refractivity contribution < 1.29 is 9.15 Å². The number of furan rings is 1. The van der Waals surface area contributed by atoms with Crippen molar-refractivity contribution in [1.29, 1.82) is 0 Å². The number of hydrogen-bond donors (Lipinski definition) is 1. The van der Waals surface area contributed by atoms with E-state index in [2.05, 4.69) is 0 Å². The highest BCUT2D eigenvalue weighted by Crippen LogP contribution is 2.27. The van der Waals surface area contributed by atoms with Crippen molar-refractivity contribution in [2.24, 2.45) is 11.7 Å². The van der Waals surface area contributed by atoms with E-state index in [0.717, 1.165) is 43.8 Å². The van der Waals surface area contributed by atoms with Gasteiger partial charge in [-0.1, -0.05) is 0 Å². The number of hydrogen-bond acceptors (Lipinski definition) is 3. The summed E-state index contributed by atoms with van der Waals surface area (Å²) in [6, 6.07) is 2.10. The summed E-state index contributed by atoms with van der Waals surface area (Å²) in [6.07, 6.45) is 5.05. The topological polar surface area (TPSA) is 48.4 Å². The molecule has 3 heteroatoms. The molecule has 1 unspecified atom stereocenters. The fraction of sp³-hybridized carbons (Fsp3) is 0.667. The summed E-state index contributed by atoms with van der Waals surface area (Å²) < 4.78 is 10.6. The lowest BCUT2D eigenvalue weighted by atomic mass is 9.90. The van der Waals surface area contributed by atoms with Gasteiger partial charge in [0.1, 0.15) is 5.76 Å². The van der Waals surface area contributed by atoms with Crippen LogP contribution < -0.4 is 5.73 Å². The van der Waals surface area contributed by atoms with E-state index >= 15 is 0 Å². The zero-order valence-corrected chi connectivity index (χ0v) is 9.24. The van der Waals surface area contributed by atoms with Crippen LogP contribution in [0.25, 0.3) is 0 Å². The second-order valence-corrected chi connectivity index (χ2v) is 4.33. The minimum absolute atomic E-state index is 0.117. The largest absolute Gasteiger partial charge is 0.469 e. The molecule has 1 saturated heterocycles. The molecule has 1 atom stereocenters. The first-order chi connectivity index (χ1) is 7.27. The van der Waals surface area contributed by atoms with Crippen LogP contribution in [0.15, 0.2) is 16.7 Å². The lowest BCUT2D eigenvalue weighted by Crippen LogP contribution is -2.21. The van der Waals surface area contributed by atoms with Crippen molar-refractivity contribution >= 4 is 0 Å². The summed E-state index contributed by atoms with van der Waals surface area (Å²) in [5.41, 5.74) is 7.32. The molecule has 3 nitrogen and oxygen atoms in total. The molecular formula is C12H19NO2. The Morgan fingerprint density at radius 1 is 1.47 bits per heavy atom. The Morgan fingerprint density at radius 2 is 2.20 bits per heavy atom. The molecule has 0 aliphatic carbocycles. The Balaban J connectivity index is 1.91. The highest BCUT2D eigenvalue weighted by Gasteiger charge is 2.19. The van der Waals surface area contributed by atoms with Crippen molar-refractivity contribution in [2.45, 2.75) is 32.2 Å². The van der Waals surface area contributed by atoms with Crippen LogP contribution in [0.2, 0.25) is 0 Å². The van der Waals surface area contributed by atoms with Crippen molar-refractivity contribution in [2.75, 3.05) is 13.2 Å². The standard InChI is InChI=1S/C12H19NO2/c1-9-11(4-7-15-9)12(13)8-10-2-5-14-6-3-10/h4,7,10,12H,2-3,5-6,8,13H2,1H3. The Bertz CT molecular complexity index is 302. The summed E-state index contributed by atoms with van der Waals surface area (Å²) in [7, 11) is 0. The van der Waals surface area contributed by atoms with Gasteiger partial charge in [0.25, 0.3) is 0 Å². The van der Waals surface area contributed by atoms with Gasteiger partial charge in [0.05, 0.1) is 6.26 Å². The van der Waals surface area contributed by atoms with Crippen molar-refractivity contribution in [3.05, 3.63) is 23.7 Å². The van der Waals surface area contributed by atoms with Gasteiger partial charge in [0.15, 0.2) is 0 Å². The smallest absolute Gasteiger partial charge is 0.105 e. The molecule has 15 heavy (non-hydrogen) atoms. The Kier molecular flexibility index (Phi) is 3.44. The van der Waals surface area contributed by atoms with Crippen LogP contribution in [0, 0.1) is 12.8 Å². The summed E-state index contributed by atoms with van der Waals surface area (Å²) in [5, 5.41) is 0. The lowest BCUT2D eigenvalue weighted by molar-refractivity contribution is 0.0618. The monoisotopic (exact) mass is 209 g/mol. The molecule has 0 amide bonds. The van der Waals surface area contributed by atoms with Crippen molar-refractivity contribution in [1.82, 2.24) is 0 Å². The van der Waals surface area contributed by atoms with Crippen molar-refractivity contribution in [3.63, 3.8) is 0 Å². The lowest BCUT2D eigenvalue weighted by Gasteiger charge is -2.24. The van der Waals surface area contributed by atoms with E-state index in [9.17, 15) is 0 Å². The van der Waals surface area contributed by atoms with Gasteiger partial charge in [-0.25, -0.2) is 0 Å². The highest BCUT2D eigenvalue weighted by atomic mass is 16.5. The van der Waals surface area contributed by atoms with Gasteiger partial charge in [-0.3, -0.25) is 0 Å². The van der Waals surface area contributed by atoms with Gasteiger partial charge >= 0.3 is 0 Å². The minimum Gasteiger partial charge on any atom is -0.469 e. The molecule has 2 heterocycles. The van der Waals surface area contributed by atoms with E-state index in [-0.39, 0.29) is 6.04 Å². The second-order valence-electron chi connectivity index (χ2n) is 4.33. The van der Waals surface area contributed by atoms with Crippen LogP contribution in [0.3, 0.4) is 0 Å². The van der Waals surface area contributed by atoms with E-state index < -0.39 is 0 Å². The predicted molar refractivity (Wildman–Crippen MR) is 58.5 cm³/mol.